The van der Waals surface area contributed by atoms with Crippen LogP contribution in [0.2, 0.25) is 0 Å². The normalized spacial score (nSPS) is 35.1. The predicted molar refractivity (Wildman–Crippen MR) is 124 cm³/mol. The summed E-state index contributed by atoms with van der Waals surface area (Å²) in [6.07, 6.45) is 8.13. The highest BCUT2D eigenvalue weighted by Crippen LogP contribution is 2.65. The minimum Gasteiger partial charge on any atom is -0.461 e. The molecule has 5 rings (SSSR count). The van der Waals surface area contributed by atoms with Crippen LogP contribution in [0.15, 0.2) is 54.6 Å². The molecule has 0 aliphatic carbocycles. The maximum absolute atomic E-state index is 14.0. The maximum atomic E-state index is 14.0. The average Bonchev–Trinajstić information content (AvgIpc) is 3.06. The van der Waals surface area contributed by atoms with Crippen LogP contribution < -0.4 is 0 Å². The van der Waals surface area contributed by atoms with Gasteiger partial charge in [0.25, 0.3) is 0 Å². The van der Waals surface area contributed by atoms with E-state index in [-0.39, 0.29) is 37.5 Å². The molecule has 2 saturated heterocycles. The molecule has 7 nitrogen and oxygen atoms in total. The van der Waals surface area contributed by atoms with Crippen molar-refractivity contribution >= 4 is 29.5 Å². The summed E-state index contributed by atoms with van der Waals surface area (Å²) in [7, 11) is 0. The molecule has 2 amide bonds. The molecule has 1 aromatic carbocycles. The molecular weight excluding hydrogens is 440 g/mol. The lowest BCUT2D eigenvalue weighted by Gasteiger charge is -2.36. The molecule has 0 saturated carbocycles. The molecule has 1 spiro atoms. The quantitative estimate of drug-likeness (QED) is 0.524. The van der Waals surface area contributed by atoms with Crippen molar-refractivity contribution in [3.63, 3.8) is 0 Å². The van der Waals surface area contributed by atoms with Crippen LogP contribution in [-0.4, -0.2) is 74.5 Å². The third-order valence-corrected chi connectivity index (χ3v) is 8.97. The smallest absolute Gasteiger partial charge is 0.311 e. The number of esters is 1. The Morgan fingerprint density at radius 1 is 1.09 bits per heavy atom. The van der Waals surface area contributed by atoms with E-state index < -0.39 is 27.4 Å². The summed E-state index contributed by atoms with van der Waals surface area (Å²) < 4.78 is 3.91. The van der Waals surface area contributed by atoms with Crippen molar-refractivity contribution in [2.75, 3.05) is 26.3 Å². The van der Waals surface area contributed by atoms with E-state index in [1.807, 2.05) is 61.6 Å². The van der Waals surface area contributed by atoms with Crippen molar-refractivity contribution in [2.45, 2.75) is 35.4 Å². The van der Waals surface area contributed by atoms with Crippen LogP contribution in [0.5, 0.6) is 0 Å². The van der Waals surface area contributed by atoms with Crippen LogP contribution in [0.1, 0.15) is 18.9 Å². The van der Waals surface area contributed by atoms with Crippen molar-refractivity contribution in [1.82, 2.24) is 9.80 Å². The fourth-order valence-electron chi connectivity index (χ4n) is 5.83. The number of carbonyl (C=O) groups is 3. The van der Waals surface area contributed by atoms with E-state index in [0.717, 1.165) is 5.56 Å². The fourth-order valence-corrected chi connectivity index (χ4v) is 7.98. The van der Waals surface area contributed by atoms with Crippen LogP contribution in [0.25, 0.3) is 0 Å². The SMILES string of the molecule is C[C@@]12C=CCOC(=O)[C@@H]1[C@H]1C(=O)N(CCCO)C3C(=O)N(Cc4ccccc4)CC=C[C@@]31S2. The Hall–Kier alpha value is -2.58. The number of nitrogens with zero attached hydrogens (tertiary/aromatic N) is 2. The monoisotopic (exact) mass is 468 g/mol. The van der Waals surface area contributed by atoms with Gasteiger partial charge in [-0.3, -0.25) is 14.4 Å². The molecule has 1 aromatic rings. The van der Waals surface area contributed by atoms with Gasteiger partial charge in [0, 0.05) is 31.0 Å². The van der Waals surface area contributed by atoms with Crippen LogP contribution in [-0.2, 0) is 25.7 Å². The second kappa shape index (κ2) is 8.33. The van der Waals surface area contributed by atoms with E-state index in [9.17, 15) is 19.5 Å². The van der Waals surface area contributed by atoms with Crippen LogP contribution in [0.3, 0.4) is 0 Å². The second-order valence-corrected chi connectivity index (χ2v) is 11.0. The molecular formula is C25H28N2O5S. The Morgan fingerprint density at radius 3 is 2.64 bits per heavy atom. The Morgan fingerprint density at radius 2 is 1.88 bits per heavy atom. The van der Waals surface area contributed by atoms with Gasteiger partial charge in [0.2, 0.25) is 11.8 Å². The molecule has 4 aliphatic heterocycles. The first kappa shape index (κ1) is 22.2. The van der Waals surface area contributed by atoms with Crippen molar-refractivity contribution in [3.8, 4) is 0 Å². The third kappa shape index (κ3) is 3.42. The number of aliphatic hydroxyl groups is 1. The van der Waals surface area contributed by atoms with Gasteiger partial charge >= 0.3 is 5.97 Å². The molecule has 33 heavy (non-hydrogen) atoms. The number of carbonyl (C=O) groups excluding carboxylic acids is 3. The number of amides is 2. The Bertz CT molecular complexity index is 1030. The number of cyclic esters (lactones) is 1. The number of aliphatic hydroxyl groups excluding tert-OH is 1. The Labute approximate surface area is 197 Å². The van der Waals surface area contributed by atoms with E-state index >= 15 is 0 Å². The first-order chi connectivity index (χ1) is 15.9. The number of thioether (sulfide) groups is 1. The highest BCUT2D eigenvalue weighted by molar-refractivity contribution is 8.02. The Balaban J connectivity index is 1.58. The molecule has 8 heteroatoms. The van der Waals surface area contributed by atoms with E-state index in [4.69, 9.17) is 4.74 Å². The van der Waals surface area contributed by atoms with Gasteiger partial charge in [0.1, 0.15) is 12.6 Å². The fraction of sp³-hybridized carbons (Fsp3) is 0.480. The minimum absolute atomic E-state index is 0.0784. The van der Waals surface area contributed by atoms with Crippen LogP contribution in [0.4, 0.5) is 0 Å². The summed E-state index contributed by atoms with van der Waals surface area (Å²) in [5.74, 6) is -2.08. The number of rotatable bonds is 5. The molecule has 2 fully saturated rings. The first-order valence-corrected chi connectivity index (χ1v) is 12.2. The number of benzene rings is 1. The van der Waals surface area contributed by atoms with E-state index in [1.165, 1.54) is 11.8 Å². The minimum atomic E-state index is -0.866. The zero-order chi connectivity index (χ0) is 23.2. The van der Waals surface area contributed by atoms with Crippen molar-refractivity contribution < 1.29 is 24.2 Å². The second-order valence-electron chi connectivity index (χ2n) is 9.25. The van der Waals surface area contributed by atoms with Crippen molar-refractivity contribution in [2.24, 2.45) is 11.8 Å². The summed E-state index contributed by atoms with van der Waals surface area (Å²) >= 11 is 1.54. The molecule has 0 radical (unpaired) electrons. The Kier molecular flexibility index (Phi) is 5.61. The van der Waals surface area contributed by atoms with Gasteiger partial charge in [-0.25, -0.2) is 0 Å². The molecule has 5 atom stereocenters. The lowest BCUT2D eigenvalue weighted by molar-refractivity contribution is -0.152. The topological polar surface area (TPSA) is 87.1 Å². The largest absolute Gasteiger partial charge is 0.461 e. The third-order valence-electron chi connectivity index (χ3n) is 7.17. The van der Waals surface area contributed by atoms with Gasteiger partial charge < -0.3 is 19.6 Å². The van der Waals surface area contributed by atoms with Crippen LogP contribution >= 0.6 is 11.8 Å². The summed E-state index contributed by atoms with van der Waals surface area (Å²) in [5, 5.41) is 9.45. The number of likely N-dealkylation sites (tertiary alicyclic amines) is 1. The van der Waals surface area contributed by atoms with E-state index in [2.05, 4.69) is 0 Å². The van der Waals surface area contributed by atoms with Gasteiger partial charge in [0.15, 0.2) is 0 Å². The zero-order valence-electron chi connectivity index (χ0n) is 18.6. The first-order valence-electron chi connectivity index (χ1n) is 11.4. The van der Waals surface area contributed by atoms with Gasteiger partial charge in [-0.2, -0.15) is 0 Å². The predicted octanol–water partition coefficient (Wildman–Crippen LogP) is 1.77. The molecule has 4 heterocycles. The number of ether oxygens (including phenoxy) is 1. The molecule has 4 aliphatic rings. The van der Waals surface area contributed by atoms with E-state index in [1.54, 1.807) is 9.80 Å². The number of hydrogen-bond acceptors (Lipinski definition) is 6. The van der Waals surface area contributed by atoms with Gasteiger partial charge in [-0.1, -0.05) is 48.6 Å². The van der Waals surface area contributed by atoms with E-state index in [0.29, 0.717) is 19.5 Å². The molecule has 174 valence electrons. The van der Waals surface area contributed by atoms with Gasteiger partial charge in [-0.05, 0) is 25.0 Å². The van der Waals surface area contributed by atoms with Crippen LogP contribution in [0, 0.1) is 11.8 Å². The summed E-state index contributed by atoms with van der Waals surface area (Å²) in [5.41, 5.74) is 1.01. The highest BCUT2D eigenvalue weighted by atomic mass is 32.2. The molecule has 1 unspecified atom stereocenters. The van der Waals surface area contributed by atoms with Gasteiger partial charge in [0.05, 0.1) is 16.6 Å². The molecule has 0 bridgehead atoms. The van der Waals surface area contributed by atoms with Crippen molar-refractivity contribution in [3.05, 3.63) is 60.2 Å². The average molecular weight is 469 g/mol. The molecule has 1 N–H and O–H groups in total. The summed E-state index contributed by atoms with van der Waals surface area (Å²) in [4.78, 5) is 44.3. The summed E-state index contributed by atoms with van der Waals surface area (Å²) in [6, 6.07) is 9.04. The number of hydrogen-bond donors (Lipinski definition) is 1. The molecule has 0 aromatic heterocycles. The summed E-state index contributed by atoms with van der Waals surface area (Å²) in [6.45, 7) is 3.22. The standard InChI is InChI=1S/C25H28N2O5S/c1-24-10-6-15-32-23(31)19(24)18-21(29)27(13-7-14-28)20-22(30)26(12-5-11-25(18,20)33-24)16-17-8-3-2-4-9-17/h2-6,8-11,18-20,28H,7,12-16H2,1H3/t18-,19-,20?,24+,25-/m0/s1. The lowest BCUT2D eigenvalue weighted by atomic mass is 9.75. The zero-order valence-corrected chi connectivity index (χ0v) is 19.4. The maximum Gasteiger partial charge on any atom is 0.311 e. The highest BCUT2D eigenvalue weighted by Gasteiger charge is 2.73. The van der Waals surface area contributed by atoms with Gasteiger partial charge in [-0.15, -0.1) is 11.8 Å². The van der Waals surface area contributed by atoms with Crippen molar-refractivity contribution in [1.29, 1.82) is 0 Å². The lowest BCUT2D eigenvalue weighted by Crippen LogP contribution is -2.53. The number of fused-ring (bicyclic) bond motifs is 2.